The Morgan fingerprint density at radius 1 is 1.20 bits per heavy atom. The molecule has 2 aromatic carbocycles. The van der Waals surface area contributed by atoms with Crippen molar-refractivity contribution < 1.29 is 4.79 Å². The third kappa shape index (κ3) is 5.53. The molecular weight excluding hydrogens is 478 g/mol. The number of hydrogen-bond donors (Lipinski definition) is 2. The topological polar surface area (TPSA) is 74.0 Å². The van der Waals surface area contributed by atoms with Gasteiger partial charge in [-0.1, -0.05) is 47.6 Å². The minimum absolute atomic E-state index is 0.192. The summed E-state index contributed by atoms with van der Waals surface area (Å²) >= 11 is 7.88. The summed E-state index contributed by atoms with van der Waals surface area (Å²) in [7, 11) is 0. The normalized spacial score (nSPS) is 23.1. The number of aliphatic imine (C=N–C) groups is 1. The van der Waals surface area contributed by atoms with Crippen molar-refractivity contribution >= 4 is 45.8 Å². The molecule has 3 aliphatic heterocycles. The minimum Gasteiger partial charge on any atom is -0.341 e. The lowest BCUT2D eigenvalue weighted by Gasteiger charge is -2.46. The Morgan fingerprint density at radius 3 is 2.86 bits per heavy atom. The maximum Gasteiger partial charge on any atom is 0.236 e. The molecule has 8 heteroatoms. The van der Waals surface area contributed by atoms with Crippen LogP contribution in [0.25, 0.3) is 0 Å². The van der Waals surface area contributed by atoms with Gasteiger partial charge in [-0.2, -0.15) is 0 Å². The highest BCUT2D eigenvalue weighted by Gasteiger charge is 2.40. The number of amides is 1. The van der Waals surface area contributed by atoms with E-state index in [4.69, 9.17) is 22.3 Å². The number of piperidine rings is 2. The molecule has 35 heavy (non-hydrogen) atoms. The third-order valence-electron chi connectivity index (χ3n) is 7.37. The van der Waals surface area contributed by atoms with E-state index in [0.29, 0.717) is 24.5 Å². The maximum absolute atomic E-state index is 13.9. The van der Waals surface area contributed by atoms with Crippen LogP contribution < -0.4 is 16.0 Å². The van der Waals surface area contributed by atoms with E-state index in [1.54, 1.807) is 11.8 Å². The van der Waals surface area contributed by atoms with E-state index in [1.165, 1.54) is 19.3 Å². The molecule has 5 rings (SSSR count). The molecule has 0 bridgehead atoms. The van der Waals surface area contributed by atoms with Gasteiger partial charge in [0, 0.05) is 35.8 Å². The lowest BCUT2D eigenvalue weighted by Crippen LogP contribution is -2.54. The standard InChI is InChI=1S/C27H34ClN5OS/c28-21-7-3-8-22(16-21)33-17-20-6-1-2-9-23(20)31-26(33)35-24(10-13-29)25(34)32-15-5-12-27(19-32)11-4-14-30-18-27/h1-3,6-9,16,24,30H,4-5,10-15,17-19,29H2. The van der Waals surface area contributed by atoms with Crippen molar-refractivity contribution in [3.8, 4) is 0 Å². The summed E-state index contributed by atoms with van der Waals surface area (Å²) in [4.78, 5) is 23.1. The number of nitrogens with two attached hydrogens (primary N) is 1. The molecule has 0 saturated carbocycles. The van der Waals surface area contributed by atoms with Gasteiger partial charge < -0.3 is 20.9 Å². The number of likely N-dealkylation sites (tertiary alicyclic amines) is 1. The summed E-state index contributed by atoms with van der Waals surface area (Å²) in [6.45, 7) is 4.91. The smallest absolute Gasteiger partial charge is 0.236 e. The third-order valence-corrected chi connectivity index (χ3v) is 8.85. The summed E-state index contributed by atoms with van der Waals surface area (Å²) in [6.07, 6.45) is 5.27. The van der Waals surface area contributed by atoms with Gasteiger partial charge in [0.1, 0.15) is 0 Å². The van der Waals surface area contributed by atoms with Crippen LogP contribution >= 0.6 is 23.4 Å². The molecular formula is C27H34ClN5OS. The quantitative estimate of drug-likeness (QED) is 0.603. The Morgan fingerprint density at radius 2 is 2.06 bits per heavy atom. The van der Waals surface area contributed by atoms with Crippen molar-refractivity contribution in [3.05, 3.63) is 59.1 Å². The van der Waals surface area contributed by atoms with Crippen LogP contribution in [0.1, 0.15) is 37.7 Å². The van der Waals surface area contributed by atoms with Crippen LogP contribution in [0.4, 0.5) is 11.4 Å². The largest absolute Gasteiger partial charge is 0.341 e. The summed E-state index contributed by atoms with van der Waals surface area (Å²) in [5, 5.41) is 4.80. The molecule has 2 unspecified atom stereocenters. The lowest BCUT2D eigenvalue weighted by atomic mass is 9.74. The zero-order valence-corrected chi connectivity index (χ0v) is 21.7. The minimum atomic E-state index is -0.266. The predicted molar refractivity (Wildman–Crippen MR) is 147 cm³/mol. The Balaban J connectivity index is 1.41. The number of hydrogen-bond acceptors (Lipinski definition) is 6. The zero-order valence-electron chi connectivity index (χ0n) is 20.1. The van der Waals surface area contributed by atoms with E-state index in [1.807, 2.05) is 42.5 Å². The van der Waals surface area contributed by atoms with E-state index < -0.39 is 0 Å². The number of halogens is 1. The highest BCUT2D eigenvalue weighted by Crippen LogP contribution is 2.38. The van der Waals surface area contributed by atoms with Crippen molar-refractivity contribution in [3.63, 3.8) is 0 Å². The van der Waals surface area contributed by atoms with Gasteiger partial charge in [0.2, 0.25) is 5.91 Å². The van der Waals surface area contributed by atoms with Gasteiger partial charge in [0.15, 0.2) is 5.17 Å². The summed E-state index contributed by atoms with van der Waals surface area (Å²) < 4.78 is 0. The molecule has 2 saturated heterocycles. The fourth-order valence-corrected chi connectivity index (χ4v) is 6.97. The van der Waals surface area contributed by atoms with E-state index in [2.05, 4.69) is 21.2 Å². The molecule has 0 radical (unpaired) electrons. The number of benzene rings is 2. The molecule has 0 aliphatic carbocycles. The van der Waals surface area contributed by atoms with Crippen LogP contribution in [0.15, 0.2) is 53.5 Å². The molecule has 1 spiro atoms. The number of anilines is 1. The van der Waals surface area contributed by atoms with Crippen LogP contribution in [0.2, 0.25) is 5.02 Å². The lowest BCUT2D eigenvalue weighted by molar-refractivity contribution is -0.134. The molecule has 2 fully saturated rings. The van der Waals surface area contributed by atoms with Gasteiger partial charge >= 0.3 is 0 Å². The Bertz CT molecular complexity index is 1080. The second kappa shape index (κ2) is 10.9. The number of rotatable bonds is 5. The summed E-state index contributed by atoms with van der Waals surface area (Å²) in [5.41, 5.74) is 9.32. The van der Waals surface area contributed by atoms with Gasteiger partial charge in [-0.25, -0.2) is 4.99 Å². The fourth-order valence-electron chi connectivity index (χ4n) is 5.58. The van der Waals surface area contributed by atoms with Crippen LogP contribution in [0.5, 0.6) is 0 Å². The number of thioether (sulfide) groups is 1. The Kier molecular flexibility index (Phi) is 7.68. The molecule has 2 aromatic rings. The maximum atomic E-state index is 13.9. The molecule has 2 atom stereocenters. The Hall–Kier alpha value is -2.06. The van der Waals surface area contributed by atoms with Crippen molar-refractivity contribution in [1.82, 2.24) is 10.2 Å². The van der Waals surface area contributed by atoms with Gasteiger partial charge in [-0.15, -0.1) is 0 Å². The number of nitrogens with zero attached hydrogens (tertiary/aromatic N) is 3. The number of fused-ring (bicyclic) bond motifs is 1. The monoisotopic (exact) mass is 511 g/mol. The van der Waals surface area contributed by atoms with Crippen LogP contribution in [0, 0.1) is 5.41 Å². The fraction of sp³-hybridized carbons (Fsp3) is 0.481. The van der Waals surface area contributed by atoms with E-state index >= 15 is 0 Å². The summed E-state index contributed by atoms with van der Waals surface area (Å²) in [5.74, 6) is 0.192. The number of nitrogens with one attached hydrogen (secondary N) is 1. The molecule has 3 aliphatic rings. The van der Waals surface area contributed by atoms with Crippen LogP contribution in [0.3, 0.4) is 0 Å². The first kappa shape index (κ1) is 24.6. The second-order valence-corrected chi connectivity index (χ2v) is 11.5. The van der Waals surface area contributed by atoms with Gasteiger partial charge in [-0.05, 0) is 75.0 Å². The molecule has 6 nitrogen and oxygen atoms in total. The number of amidine groups is 1. The van der Waals surface area contributed by atoms with Crippen molar-refractivity contribution in [2.24, 2.45) is 16.1 Å². The van der Waals surface area contributed by atoms with E-state index in [-0.39, 0.29) is 16.6 Å². The van der Waals surface area contributed by atoms with Crippen molar-refractivity contribution in [2.45, 2.75) is 43.9 Å². The van der Waals surface area contributed by atoms with E-state index in [9.17, 15) is 4.79 Å². The number of carbonyl (C=O) groups excluding carboxylic acids is 1. The predicted octanol–water partition coefficient (Wildman–Crippen LogP) is 4.79. The number of carbonyl (C=O) groups is 1. The average Bonchev–Trinajstić information content (AvgIpc) is 2.88. The van der Waals surface area contributed by atoms with Gasteiger partial charge in [-0.3, -0.25) is 4.79 Å². The van der Waals surface area contributed by atoms with E-state index in [0.717, 1.165) is 54.7 Å². The SMILES string of the molecule is NCCC(SC1=Nc2ccccc2CN1c1cccc(Cl)c1)C(=O)N1CCCC2(CCCNC2)C1. The second-order valence-electron chi connectivity index (χ2n) is 9.92. The van der Waals surface area contributed by atoms with Gasteiger partial charge in [0.25, 0.3) is 0 Å². The molecule has 3 N–H and O–H groups in total. The van der Waals surface area contributed by atoms with Crippen LogP contribution in [-0.2, 0) is 11.3 Å². The van der Waals surface area contributed by atoms with Gasteiger partial charge in [0.05, 0.1) is 17.5 Å². The highest BCUT2D eigenvalue weighted by molar-refractivity contribution is 8.15. The first-order valence-electron chi connectivity index (χ1n) is 12.6. The van der Waals surface area contributed by atoms with Crippen LogP contribution in [-0.4, -0.2) is 53.9 Å². The molecule has 3 heterocycles. The molecule has 0 aromatic heterocycles. The zero-order chi connectivity index (χ0) is 24.3. The Labute approximate surface area is 217 Å². The molecule has 1 amide bonds. The summed E-state index contributed by atoms with van der Waals surface area (Å²) in [6, 6.07) is 16.0. The molecule has 186 valence electrons. The van der Waals surface area contributed by atoms with Crippen molar-refractivity contribution in [2.75, 3.05) is 37.6 Å². The first-order valence-corrected chi connectivity index (χ1v) is 13.9. The average molecular weight is 512 g/mol. The highest BCUT2D eigenvalue weighted by atomic mass is 35.5. The first-order chi connectivity index (χ1) is 17.1. The van der Waals surface area contributed by atoms with Crippen molar-refractivity contribution in [1.29, 1.82) is 0 Å². The number of para-hydroxylation sites is 1.